The lowest BCUT2D eigenvalue weighted by atomic mass is 9.97. The first-order chi connectivity index (χ1) is 19.7. The van der Waals surface area contributed by atoms with E-state index in [9.17, 15) is 28.8 Å². The van der Waals surface area contributed by atoms with Crippen molar-refractivity contribution in [2.45, 2.75) is 62.3 Å². The summed E-state index contributed by atoms with van der Waals surface area (Å²) in [4.78, 5) is 16.4. The summed E-state index contributed by atoms with van der Waals surface area (Å²) in [7, 11) is -4.47. The topological polar surface area (TPSA) is 137 Å². The van der Waals surface area contributed by atoms with E-state index in [4.69, 9.17) is 0 Å². The Kier molecular flexibility index (Phi) is 8.71. The third-order valence-corrected chi connectivity index (χ3v) is 8.97. The van der Waals surface area contributed by atoms with Gasteiger partial charge in [0.1, 0.15) is 5.82 Å². The molecule has 1 N–H and O–H groups in total. The molecule has 1 aromatic heterocycles. The van der Waals surface area contributed by atoms with Crippen LogP contribution in [-0.4, -0.2) is 23.1 Å². The number of nitrogens with zero attached hydrogens (tertiary/aromatic N) is 4. The second-order valence-corrected chi connectivity index (χ2v) is 11.6. The number of hydrogen-bond acceptors (Lipinski definition) is 7. The van der Waals surface area contributed by atoms with E-state index in [1.165, 1.54) is 16.7 Å². The summed E-state index contributed by atoms with van der Waals surface area (Å²) in [5.41, 5.74) is 2.86. The van der Waals surface area contributed by atoms with E-state index in [0.29, 0.717) is 41.5 Å². The zero-order chi connectivity index (χ0) is 29.7. The van der Waals surface area contributed by atoms with Crippen molar-refractivity contribution in [2.24, 2.45) is 0 Å². The summed E-state index contributed by atoms with van der Waals surface area (Å²) in [5, 5.41) is 30.3. The zero-order valence-corrected chi connectivity index (χ0v) is 23.9. The molecule has 0 amide bonds. The number of aromatic hydroxyl groups is 1. The maximum absolute atomic E-state index is 13.8. The zero-order valence-electron chi connectivity index (χ0n) is 23.1. The minimum absolute atomic E-state index is 0.170. The van der Waals surface area contributed by atoms with Gasteiger partial charge in [0.25, 0.3) is 5.56 Å². The highest BCUT2D eigenvalue weighted by molar-refractivity contribution is 7.91. The van der Waals surface area contributed by atoms with Gasteiger partial charge in [-0.1, -0.05) is 56.7 Å². The molecule has 3 aromatic carbocycles. The van der Waals surface area contributed by atoms with Crippen molar-refractivity contribution in [3.05, 3.63) is 105 Å². The van der Waals surface area contributed by atoms with E-state index in [0.717, 1.165) is 17.5 Å². The van der Waals surface area contributed by atoms with Gasteiger partial charge in [-0.15, -0.1) is 0 Å². The van der Waals surface area contributed by atoms with Gasteiger partial charge >= 0.3 is 0 Å². The van der Waals surface area contributed by atoms with E-state index in [1.54, 1.807) is 48.5 Å². The lowest BCUT2D eigenvalue weighted by molar-refractivity contribution is 0.358. The van der Waals surface area contributed by atoms with Crippen molar-refractivity contribution in [2.75, 3.05) is 0 Å². The summed E-state index contributed by atoms with van der Waals surface area (Å²) in [6.45, 7) is 5.68. The molecular weight excluding hydrogens is 536 g/mol. The van der Waals surface area contributed by atoms with Gasteiger partial charge in [0.05, 0.1) is 34.2 Å². The van der Waals surface area contributed by atoms with E-state index in [2.05, 4.69) is 17.1 Å². The average molecular weight is 567 g/mol. The Morgan fingerprint density at radius 1 is 1.00 bits per heavy atom. The number of sulfone groups is 1. The molecule has 0 bridgehead atoms. The van der Waals surface area contributed by atoms with Crippen molar-refractivity contribution in [3.63, 3.8) is 0 Å². The van der Waals surface area contributed by atoms with Gasteiger partial charge in [-0.2, -0.15) is 15.5 Å². The molecule has 9 heteroatoms. The molecule has 0 fully saturated rings. The fraction of sp³-hybridized carbons (Fsp3) is 0.250. The number of hydrogen-bond donors (Lipinski definition) is 1. The number of benzene rings is 3. The fourth-order valence-electron chi connectivity index (χ4n) is 5.01. The first-order valence-electron chi connectivity index (χ1n) is 13.4. The van der Waals surface area contributed by atoms with Gasteiger partial charge in [0, 0.05) is 6.42 Å². The highest BCUT2D eigenvalue weighted by atomic mass is 32.2. The van der Waals surface area contributed by atoms with Gasteiger partial charge in [0.15, 0.2) is 4.90 Å². The standard InChI is InChI=1S/C32H30N4O4S/c1-4-6-13-29-35-31(37)30(32(38)36(29)28(5-2)24-10-7-9-22(18-24)19-33)41(39,40)26-16-14-23(15-17-26)27-12-8-11-25(20-34)21(27)3/h7-12,14-18,28,38H,4-6,13H2,1-3H3/t28-/m0/s1. The third-order valence-electron chi connectivity index (χ3n) is 7.19. The van der Waals surface area contributed by atoms with Crippen LogP contribution in [0.4, 0.5) is 0 Å². The van der Waals surface area contributed by atoms with Crippen LogP contribution in [0.5, 0.6) is 5.88 Å². The molecule has 1 atom stereocenters. The van der Waals surface area contributed by atoms with Crippen molar-refractivity contribution in [1.29, 1.82) is 10.5 Å². The minimum atomic E-state index is -4.47. The number of aryl methyl sites for hydroxylation is 1. The van der Waals surface area contributed by atoms with Crippen molar-refractivity contribution < 1.29 is 13.5 Å². The molecule has 208 valence electrons. The van der Waals surface area contributed by atoms with Crippen LogP contribution in [0.25, 0.3) is 11.1 Å². The Balaban J connectivity index is 1.87. The summed E-state index contributed by atoms with van der Waals surface area (Å²) < 4.78 is 29.1. The Bertz CT molecular complexity index is 1850. The Morgan fingerprint density at radius 3 is 2.34 bits per heavy atom. The molecule has 0 aliphatic carbocycles. The second-order valence-electron chi connectivity index (χ2n) is 9.74. The normalized spacial score (nSPS) is 11.9. The molecule has 4 rings (SSSR count). The quantitative estimate of drug-likeness (QED) is 0.269. The number of rotatable bonds is 9. The van der Waals surface area contributed by atoms with Crippen LogP contribution in [0.3, 0.4) is 0 Å². The van der Waals surface area contributed by atoms with Crippen molar-refractivity contribution >= 4 is 9.84 Å². The van der Waals surface area contributed by atoms with E-state index >= 15 is 0 Å². The van der Waals surface area contributed by atoms with E-state index in [-0.39, 0.29) is 10.7 Å². The third kappa shape index (κ3) is 5.63. The van der Waals surface area contributed by atoms with Crippen LogP contribution in [0, 0.1) is 29.6 Å². The molecule has 0 aliphatic rings. The summed E-state index contributed by atoms with van der Waals surface area (Å²) in [6.07, 6.45) is 2.30. The maximum Gasteiger partial charge on any atom is 0.296 e. The van der Waals surface area contributed by atoms with Gasteiger partial charge in [-0.25, -0.2) is 8.42 Å². The van der Waals surface area contributed by atoms with Crippen LogP contribution >= 0.6 is 0 Å². The van der Waals surface area contributed by atoms with E-state index in [1.807, 2.05) is 26.8 Å². The minimum Gasteiger partial charge on any atom is -0.493 e. The molecule has 8 nitrogen and oxygen atoms in total. The smallest absolute Gasteiger partial charge is 0.296 e. The highest BCUT2D eigenvalue weighted by Gasteiger charge is 2.32. The predicted molar refractivity (Wildman–Crippen MR) is 155 cm³/mol. The van der Waals surface area contributed by atoms with Gasteiger partial charge in [-0.05, 0) is 72.4 Å². The molecule has 4 aromatic rings. The molecule has 0 aliphatic heterocycles. The molecule has 0 unspecified atom stereocenters. The van der Waals surface area contributed by atoms with Gasteiger partial charge in [0.2, 0.25) is 15.7 Å². The predicted octanol–water partition coefficient (Wildman–Crippen LogP) is 5.84. The highest BCUT2D eigenvalue weighted by Crippen LogP contribution is 2.34. The first kappa shape index (κ1) is 29.3. The van der Waals surface area contributed by atoms with Crippen LogP contribution in [0.15, 0.2) is 81.3 Å². The van der Waals surface area contributed by atoms with Crippen LogP contribution in [0.1, 0.15) is 67.2 Å². The lowest BCUT2D eigenvalue weighted by Crippen LogP contribution is -2.27. The molecule has 0 spiro atoms. The summed E-state index contributed by atoms with van der Waals surface area (Å²) in [6, 6.07) is 21.8. The summed E-state index contributed by atoms with van der Waals surface area (Å²) in [5.74, 6) is -0.391. The first-order valence-corrected chi connectivity index (χ1v) is 14.9. The molecular formula is C32H30N4O4S. The molecule has 0 saturated heterocycles. The molecule has 1 heterocycles. The number of nitriles is 2. The van der Waals surface area contributed by atoms with Crippen LogP contribution < -0.4 is 5.56 Å². The maximum atomic E-state index is 13.8. The molecule has 41 heavy (non-hydrogen) atoms. The lowest BCUT2D eigenvalue weighted by Gasteiger charge is -2.25. The largest absolute Gasteiger partial charge is 0.493 e. The monoisotopic (exact) mass is 566 g/mol. The Morgan fingerprint density at radius 2 is 1.71 bits per heavy atom. The number of unbranched alkanes of at least 4 members (excludes halogenated alkanes) is 1. The van der Waals surface area contributed by atoms with Crippen molar-refractivity contribution in [3.8, 4) is 29.1 Å². The SMILES string of the molecule is CCCCc1nc(=O)c(S(=O)(=O)c2ccc(-c3cccc(C#N)c3C)cc2)c(O)n1[C@@H](CC)c1cccc(C#N)c1. The fourth-order valence-corrected chi connectivity index (χ4v) is 6.35. The number of aromatic nitrogens is 2. The van der Waals surface area contributed by atoms with Gasteiger partial charge in [-0.3, -0.25) is 9.36 Å². The van der Waals surface area contributed by atoms with Crippen LogP contribution in [-0.2, 0) is 16.3 Å². The second kappa shape index (κ2) is 12.2. The summed E-state index contributed by atoms with van der Waals surface area (Å²) >= 11 is 0. The molecule has 0 saturated carbocycles. The molecule has 0 radical (unpaired) electrons. The van der Waals surface area contributed by atoms with E-state index < -0.39 is 32.2 Å². The average Bonchev–Trinajstić information content (AvgIpc) is 2.97. The Labute approximate surface area is 239 Å². The van der Waals surface area contributed by atoms with Gasteiger partial charge < -0.3 is 5.11 Å². The Hall–Kier alpha value is -4.73. The van der Waals surface area contributed by atoms with Crippen LogP contribution in [0.2, 0.25) is 0 Å². The van der Waals surface area contributed by atoms with Crippen molar-refractivity contribution in [1.82, 2.24) is 9.55 Å².